The number of aromatic nitrogens is 1. The minimum atomic E-state index is 0.367. The molecule has 0 aliphatic carbocycles. The van der Waals surface area contributed by atoms with Gasteiger partial charge < -0.3 is 9.84 Å². The van der Waals surface area contributed by atoms with Crippen LogP contribution in [-0.4, -0.2) is 22.1 Å². The molecule has 0 saturated carbocycles. The van der Waals surface area contributed by atoms with Crippen LogP contribution < -0.4 is 5.32 Å². The molecule has 0 amide bonds. The zero-order chi connectivity index (χ0) is 13.2. The van der Waals surface area contributed by atoms with Crippen molar-refractivity contribution in [3.05, 3.63) is 17.5 Å². The van der Waals surface area contributed by atoms with Crippen molar-refractivity contribution >= 4 is 16.9 Å². The number of rotatable bonds is 3. The average Bonchev–Trinajstić information content (AvgIpc) is 2.82. The summed E-state index contributed by atoms with van der Waals surface area (Å²) in [5.41, 5.74) is 1.29. The van der Waals surface area contributed by atoms with Gasteiger partial charge >= 0.3 is 0 Å². The number of nitrogens with zero attached hydrogens (tertiary/aromatic N) is 2. The van der Waals surface area contributed by atoms with Crippen LogP contribution >= 0.6 is 11.8 Å². The predicted molar refractivity (Wildman–Crippen MR) is 75.8 cm³/mol. The number of nitrogens with one attached hydrogen (secondary N) is 1. The Morgan fingerprint density at radius 1 is 1.50 bits per heavy atom. The van der Waals surface area contributed by atoms with Gasteiger partial charge in [-0.25, -0.2) is 0 Å². The van der Waals surface area contributed by atoms with Gasteiger partial charge in [-0.3, -0.25) is 4.99 Å². The average molecular weight is 267 g/mol. The van der Waals surface area contributed by atoms with Gasteiger partial charge in [0.2, 0.25) is 0 Å². The molecule has 0 radical (unpaired) electrons. The largest absolute Gasteiger partial charge is 0.361 e. The van der Waals surface area contributed by atoms with Crippen molar-refractivity contribution in [3.63, 3.8) is 0 Å². The molecular weight excluding hydrogens is 246 g/mol. The molecule has 1 N–H and O–H groups in total. The summed E-state index contributed by atoms with van der Waals surface area (Å²) < 4.78 is 5.03. The van der Waals surface area contributed by atoms with Crippen LogP contribution in [0, 0.1) is 12.3 Å². The number of aliphatic imine (C=N–C) groups is 1. The molecule has 1 aliphatic rings. The minimum Gasteiger partial charge on any atom is -0.361 e. The highest BCUT2D eigenvalue weighted by molar-refractivity contribution is 8.14. The van der Waals surface area contributed by atoms with Crippen molar-refractivity contribution < 1.29 is 4.52 Å². The summed E-state index contributed by atoms with van der Waals surface area (Å²) in [5.74, 6) is 0.846. The topological polar surface area (TPSA) is 50.4 Å². The Labute approximate surface area is 113 Å². The van der Waals surface area contributed by atoms with E-state index in [1.165, 1.54) is 6.42 Å². The first kappa shape index (κ1) is 13.5. The Kier molecular flexibility index (Phi) is 4.00. The van der Waals surface area contributed by atoms with E-state index in [0.717, 1.165) is 23.2 Å². The maximum absolute atomic E-state index is 5.03. The van der Waals surface area contributed by atoms with Crippen LogP contribution in [0.25, 0.3) is 0 Å². The van der Waals surface area contributed by atoms with Crippen molar-refractivity contribution in [2.24, 2.45) is 10.4 Å². The molecule has 1 atom stereocenters. The fourth-order valence-electron chi connectivity index (χ4n) is 1.97. The summed E-state index contributed by atoms with van der Waals surface area (Å²) in [6.45, 7) is 10.3. The van der Waals surface area contributed by atoms with Gasteiger partial charge in [0.05, 0.1) is 13.1 Å². The van der Waals surface area contributed by atoms with Gasteiger partial charge in [-0.15, -0.1) is 0 Å². The number of amidine groups is 1. The van der Waals surface area contributed by atoms with E-state index < -0.39 is 0 Å². The van der Waals surface area contributed by atoms with Crippen LogP contribution in [0.5, 0.6) is 0 Å². The van der Waals surface area contributed by atoms with Gasteiger partial charge in [0, 0.05) is 11.3 Å². The van der Waals surface area contributed by atoms with Crippen molar-refractivity contribution in [2.75, 3.05) is 6.54 Å². The highest BCUT2D eigenvalue weighted by Crippen LogP contribution is 2.31. The van der Waals surface area contributed by atoms with Gasteiger partial charge in [-0.2, -0.15) is 0 Å². The molecule has 2 rings (SSSR count). The van der Waals surface area contributed by atoms with E-state index in [1.807, 2.05) is 24.8 Å². The monoisotopic (exact) mass is 267 g/mol. The fourth-order valence-corrected chi connectivity index (χ4v) is 3.32. The standard InChI is InChI=1S/C13H21N3OS/c1-9-5-10(16-17-9)7-14-12-15-8-11(18-12)6-13(2,3)4/h5,11H,6-8H2,1-4H3,(H,14,15). The van der Waals surface area contributed by atoms with Gasteiger partial charge in [-0.05, 0) is 18.8 Å². The van der Waals surface area contributed by atoms with E-state index in [1.54, 1.807) is 0 Å². The lowest BCUT2D eigenvalue weighted by molar-refractivity contribution is 0.375. The molecule has 1 aromatic rings. The second kappa shape index (κ2) is 5.34. The lowest BCUT2D eigenvalue weighted by atomic mass is 9.90. The van der Waals surface area contributed by atoms with Gasteiger partial charge in [-0.1, -0.05) is 37.7 Å². The first-order valence-corrected chi connectivity index (χ1v) is 7.17. The Bertz CT molecular complexity index is 434. The zero-order valence-electron chi connectivity index (χ0n) is 11.5. The lowest BCUT2D eigenvalue weighted by Gasteiger charge is -2.21. The lowest BCUT2D eigenvalue weighted by Crippen LogP contribution is -2.20. The summed E-state index contributed by atoms with van der Waals surface area (Å²) >= 11 is 1.84. The Morgan fingerprint density at radius 3 is 2.89 bits per heavy atom. The number of thioether (sulfide) groups is 1. The number of aryl methyl sites for hydroxylation is 1. The Hall–Kier alpha value is -0.970. The number of hydrogen-bond acceptors (Lipinski definition) is 5. The molecule has 1 unspecified atom stereocenters. The van der Waals surface area contributed by atoms with E-state index in [9.17, 15) is 0 Å². The van der Waals surface area contributed by atoms with Crippen molar-refractivity contribution in [2.45, 2.75) is 45.9 Å². The van der Waals surface area contributed by atoms with E-state index in [0.29, 0.717) is 17.2 Å². The number of hydrogen-bond donors (Lipinski definition) is 1. The second-order valence-electron chi connectivity index (χ2n) is 5.93. The molecule has 1 aromatic heterocycles. The molecule has 0 bridgehead atoms. The van der Waals surface area contributed by atoms with Gasteiger partial charge in [0.1, 0.15) is 11.5 Å². The third kappa shape index (κ3) is 4.05. The second-order valence-corrected chi connectivity index (χ2v) is 7.22. The molecular formula is C13H21N3OS. The molecule has 5 heteroatoms. The van der Waals surface area contributed by atoms with Crippen molar-refractivity contribution in [1.29, 1.82) is 0 Å². The molecule has 100 valence electrons. The minimum absolute atomic E-state index is 0.367. The first-order valence-electron chi connectivity index (χ1n) is 6.29. The van der Waals surface area contributed by atoms with E-state index >= 15 is 0 Å². The summed E-state index contributed by atoms with van der Waals surface area (Å²) in [6.07, 6.45) is 1.19. The van der Waals surface area contributed by atoms with Crippen molar-refractivity contribution in [3.8, 4) is 0 Å². The van der Waals surface area contributed by atoms with Crippen LogP contribution in [0.2, 0.25) is 0 Å². The molecule has 18 heavy (non-hydrogen) atoms. The molecule has 0 spiro atoms. The van der Waals surface area contributed by atoms with Crippen molar-refractivity contribution in [1.82, 2.24) is 10.5 Å². The highest BCUT2D eigenvalue weighted by atomic mass is 32.2. The zero-order valence-corrected chi connectivity index (χ0v) is 12.3. The molecule has 1 aliphatic heterocycles. The van der Waals surface area contributed by atoms with Crippen LogP contribution in [-0.2, 0) is 6.54 Å². The Balaban J connectivity index is 1.76. The predicted octanol–water partition coefficient (Wildman–Crippen LogP) is 2.98. The molecule has 0 aromatic carbocycles. The third-order valence-corrected chi connectivity index (χ3v) is 3.80. The molecule has 4 nitrogen and oxygen atoms in total. The summed E-state index contributed by atoms with van der Waals surface area (Å²) in [7, 11) is 0. The first-order chi connectivity index (χ1) is 8.42. The SMILES string of the molecule is Cc1cc(CNC2=NCC(CC(C)(C)C)S2)no1. The molecule has 0 saturated heterocycles. The summed E-state index contributed by atoms with van der Waals surface area (Å²) in [5, 5.41) is 8.91. The smallest absolute Gasteiger partial charge is 0.157 e. The maximum Gasteiger partial charge on any atom is 0.157 e. The fraction of sp³-hybridized carbons (Fsp3) is 0.692. The van der Waals surface area contributed by atoms with Crippen LogP contribution in [0.3, 0.4) is 0 Å². The molecule has 0 fully saturated rings. The van der Waals surface area contributed by atoms with Gasteiger partial charge in [0.15, 0.2) is 5.17 Å². The summed E-state index contributed by atoms with van der Waals surface area (Å²) in [6, 6.07) is 1.94. The third-order valence-electron chi connectivity index (χ3n) is 2.65. The van der Waals surface area contributed by atoms with E-state index in [-0.39, 0.29) is 0 Å². The normalized spacial score (nSPS) is 20.0. The van der Waals surface area contributed by atoms with Crippen LogP contribution in [0.4, 0.5) is 0 Å². The highest BCUT2D eigenvalue weighted by Gasteiger charge is 2.24. The molecule has 2 heterocycles. The maximum atomic E-state index is 5.03. The van der Waals surface area contributed by atoms with Gasteiger partial charge in [0.25, 0.3) is 0 Å². The van der Waals surface area contributed by atoms with E-state index in [4.69, 9.17) is 4.52 Å². The van der Waals surface area contributed by atoms with Crippen LogP contribution in [0.1, 0.15) is 38.6 Å². The Morgan fingerprint density at radius 2 is 2.28 bits per heavy atom. The van der Waals surface area contributed by atoms with Crippen LogP contribution in [0.15, 0.2) is 15.6 Å². The van der Waals surface area contributed by atoms with E-state index in [2.05, 4.69) is 36.2 Å². The quantitative estimate of drug-likeness (QED) is 0.914. The summed E-state index contributed by atoms with van der Waals surface area (Å²) in [4.78, 5) is 4.53.